The fourth-order valence-electron chi connectivity index (χ4n) is 0.568. The van der Waals surface area contributed by atoms with E-state index in [4.69, 9.17) is 0 Å². The Hall–Kier alpha value is -0.990. The van der Waals surface area contributed by atoms with Crippen LogP contribution in [0.25, 0.3) is 0 Å². The zero-order chi connectivity index (χ0) is 6.85. The minimum atomic E-state index is 0.961. The van der Waals surface area contributed by atoms with Gasteiger partial charge < -0.3 is 0 Å². The number of aromatic nitrogens is 3. The molecular formula is C6H9N3. The largest absolute Gasteiger partial charge is 0.135 e. The van der Waals surface area contributed by atoms with E-state index in [9.17, 15) is 0 Å². The van der Waals surface area contributed by atoms with Gasteiger partial charge in [0.1, 0.15) is 0 Å². The normalized spacial score (nSPS) is 9.67. The van der Waals surface area contributed by atoms with Crippen LogP contribution < -0.4 is 0 Å². The molecule has 0 atom stereocenters. The summed E-state index contributed by atoms with van der Waals surface area (Å²) in [5, 5.41) is 11.1. The van der Waals surface area contributed by atoms with E-state index in [2.05, 4.69) is 15.4 Å². The van der Waals surface area contributed by atoms with Crippen LogP contribution in [0.1, 0.15) is 17.0 Å². The lowest BCUT2D eigenvalue weighted by Crippen LogP contribution is -1.97. The topological polar surface area (TPSA) is 38.7 Å². The molecule has 0 saturated heterocycles. The smallest absolute Gasteiger partial charge is 0.0665 e. The molecule has 0 radical (unpaired) electrons. The van der Waals surface area contributed by atoms with Crippen LogP contribution in [0.15, 0.2) is 0 Å². The van der Waals surface area contributed by atoms with Gasteiger partial charge in [-0.2, -0.15) is 0 Å². The molecule has 1 heterocycles. The molecule has 0 N–H and O–H groups in total. The van der Waals surface area contributed by atoms with Crippen LogP contribution in [0.3, 0.4) is 0 Å². The van der Waals surface area contributed by atoms with Gasteiger partial charge in [-0.15, -0.1) is 10.2 Å². The highest BCUT2D eigenvalue weighted by molar-refractivity contribution is 5.18. The van der Waals surface area contributed by atoms with E-state index in [1.54, 1.807) is 0 Å². The maximum atomic E-state index is 3.78. The lowest BCUT2D eigenvalue weighted by Gasteiger charge is -1.96. The van der Waals surface area contributed by atoms with Crippen LogP contribution in [0.5, 0.6) is 0 Å². The summed E-state index contributed by atoms with van der Waals surface area (Å²) in [6.45, 7) is 5.85. The van der Waals surface area contributed by atoms with E-state index >= 15 is 0 Å². The monoisotopic (exact) mass is 123 g/mol. The van der Waals surface area contributed by atoms with Crippen molar-refractivity contribution in [1.82, 2.24) is 15.4 Å². The molecule has 0 aliphatic rings. The first-order chi connectivity index (χ1) is 4.22. The van der Waals surface area contributed by atoms with Crippen LogP contribution in [0.2, 0.25) is 0 Å². The highest BCUT2D eigenvalue weighted by atomic mass is 15.3. The van der Waals surface area contributed by atoms with Crippen molar-refractivity contribution in [3.63, 3.8) is 0 Å². The molecular weight excluding hydrogens is 114 g/mol. The summed E-state index contributed by atoms with van der Waals surface area (Å²) in [4.78, 5) is 0. The summed E-state index contributed by atoms with van der Waals surface area (Å²) in [6.07, 6.45) is 0. The average Bonchev–Trinajstić information content (AvgIpc) is 1.83. The Balaban J connectivity index is 3.25. The zero-order valence-corrected chi connectivity index (χ0v) is 5.84. The second kappa shape index (κ2) is 2.09. The van der Waals surface area contributed by atoms with Crippen molar-refractivity contribution in [2.45, 2.75) is 20.8 Å². The summed E-state index contributed by atoms with van der Waals surface area (Å²) in [7, 11) is 0. The summed E-state index contributed by atoms with van der Waals surface area (Å²) < 4.78 is 0. The first kappa shape index (κ1) is 6.13. The van der Waals surface area contributed by atoms with E-state index in [1.165, 1.54) is 0 Å². The third kappa shape index (κ3) is 1.04. The molecule has 3 nitrogen and oxygen atoms in total. The molecule has 0 spiro atoms. The molecule has 1 aromatic rings. The quantitative estimate of drug-likeness (QED) is 0.512. The minimum absolute atomic E-state index is 0.961. The van der Waals surface area contributed by atoms with Gasteiger partial charge in [-0.3, -0.25) is 0 Å². The van der Waals surface area contributed by atoms with Crippen LogP contribution in [0, 0.1) is 20.8 Å². The van der Waals surface area contributed by atoms with Crippen molar-refractivity contribution in [2.75, 3.05) is 0 Å². The van der Waals surface area contributed by atoms with Gasteiger partial charge in [-0.25, -0.2) is 0 Å². The molecule has 0 aliphatic carbocycles. The third-order valence-electron chi connectivity index (χ3n) is 1.47. The predicted molar refractivity (Wildman–Crippen MR) is 34.0 cm³/mol. The van der Waals surface area contributed by atoms with Crippen molar-refractivity contribution >= 4 is 0 Å². The van der Waals surface area contributed by atoms with E-state index in [0.717, 1.165) is 17.0 Å². The van der Waals surface area contributed by atoms with Crippen molar-refractivity contribution in [3.8, 4) is 0 Å². The average molecular weight is 123 g/mol. The fraction of sp³-hybridized carbons (Fsp3) is 0.500. The van der Waals surface area contributed by atoms with E-state index in [1.807, 2.05) is 20.8 Å². The second-order valence-electron chi connectivity index (χ2n) is 2.09. The van der Waals surface area contributed by atoms with Crippen LogP contribution in [-0.4, -0.2) is 15.4 Å². The molecule has 48 valence electrons. The van der Waals surface area contributed by atoms with Gasteiger partial charge >= 0.3 is 0 Å². The highest BCUT2D eigenvalue weighted by Crippen LogP contribution is 2.02. The Morgan fingerprint density at radius 1 is 0.889 bits per heavy atom. The standard InChI is InChI=1S/C6H9N3/c1-4-5(2)7-9-8-6(4)3/h1-3H3. The van der Waals surface area contributed by atoms with Crippen molar-refractivity contribution in [2.24, 2.45) is 0 Å². The van der Waals surface area contributed by atoms with Gasteiger partial charge in [0.2, 0.25) is 0 Å². The first-order valence-corrected chi connectivity index (χ1v) is 2.85. The van der Waals surface area contributed by atoms with E-state index in [0.29, 0.717) is 0 Å². The molecule has 0 bridgehead atoms. The summed E-state index contributed by atoms with van der Waals surface area (Å²) in [6, 6.07) is 0. The molecule has 0 amide bonds. The SMILES string of the molecule is Cc1nnnc(C)c1C. The highest BCUT2D eigenvalue weighted by Gasteiger charge is 1.96. The lowest BCUT2D eigenvalue weighted by molar-refractivity contribution is 0.801. The molecule has 0 saturated carbocycles. The van der Waals surface area contributed by atoms with Crippen molar-refractivity contribution in [1.29, 1.82) is 0 Å². The van der Waals surface area contributed by atoms with E-state index in [-0.39, 0.29) is 0 Å². The molecule has 0 aromatic carbocycles. The Morgan fingerprint density at radius 3 is 1.67 bits per heavy atom. The lowest BCUT2D eigenvalue weighted by atomic mass is 10.2. The maximum Gasteiger partial charge on any atom is 0.0665 e. The van der Waals surface area contributed by atoms with Crippen LogP contribution in [-0.2, 0) is 0 Å². The number of hydrogen-bond donors (Lipinski definition) is 0. The first-order valence-electron chi connectivity index (χ1n) is 2.85. The Kier molecular flexibility index (Phi) is 1.42. The second-order valence-corrected chi connectivity index (χ2v) is 2.09. The van der Waals surface area contributed by atoms with Crippen molar-refractivity contribution in [3.05, 3.63) is 17.0 Å². The molecule has 1 aromatic heterocycles. The van der Waals surface area contributed by atoms with Gasteiger partial charge in [0.15, 0.2) is 0 Å². The van der Waals surface area contributed by atoms with Crippen LogP contribution in [0.4, 0.5) is 0 Å². The molecule has 0 unspecified atom stereocenters. The van der Waals surface area contributed by atoms with Crippen molar-refractivity contribution < 1.29 is 0 Å². The van der Waals surface area contributed by atoms with Gasteiger partial charge in [0.05, 0.1) is 11.4 Å². The fourth-order valence-corrected chi connectivity index (χ4v) is 0.568. The van der Waals surface area contributed by atoms with Gasteiger partial charge in [-0.05, 0) is 31.5 Å². The number of nitrogens with zero attached hydrogens (tertiary/aromatic N) is 3. The molecule has 0 aliphatic heterocycles. The molecule has 9 heavy (non-hydrogen) atoms. The third-order valence-corrected chi connectivity index (χ3v) is 1.47. The maximum absolute atomic E-state index is 3.78. The van der Waals surface area contributed by atoms with Crippen LogP contribution >= 0.6 is 0 Å². The zero-order valence-electron chi connectivity index (χ0n) is 5.84. The Bertz CT molecular complexity index is 199. The predicted octanol–water partition coefficient (Wildman–Crippen LogP) is 0.797. The van der Waals surface area contributed by atoms with Gasteiger partial charge in [0, 0.05) is 0 Å². The van der Waals surface area contributed by atoms with E-state index < -0.39 is 0 Å². The Morgan fingerprint density at radius 2 is 1.33 bits per heavy atom. The molecule has 1 rings (SSSR count). The molecule has 3 heteroatoms. The molecule has 0 fully saturated rings. The summed E-state index contributed by atoms with van der Waals surface area (Å²) in [5.41, 5.74) is 3.05. The van der Waals surface area contributed by atoms with Gasteiger partial charge in [0.25, 0.3) is 0 Å². The number of hydrogen-bond acceptors (Lipinski definition) is 3. The minimum Gasteiger partial charge on any atom is -0.135 e. The number of aryl methyl sites for hydroxylation is 2. The number of rotatable bonds is 0. The summed E-state index contributed by atoms with van der Waals surface area (Å²) in [5.74, 6) is 0. The summed E-state index contributed by atoms with van der Waals surface area (Å²) >= 11 is 0. The Labute approximate surface area is 54.1 Å². The van der Waals surface area contributed by atoms with Gasteiger partial charge in [-0.1, -0.05) is 0 Å².